The van der Waals surface area contributed by atoms with E-state index in [9.17, 15) is 17.6 Å². The van der Waals surface area contributed by atoms with E-state index in [1.165, 1.54) is 30.1 Å². The first kappa shape index (κ1) is 16.7. The molecule has 3 aromatic rings. The summed E-state index contributed by atoms with van der Waals surface area (Å²) in [6.07, 6.45) is -3.18. The second-order valence-corrected chi connectivity index (χ2v) is 4.47. The van der Waals surface area contributed by atoms with E-state index in [-0.39, 0.29) is 17.3 Å². The third-order valence-corrected chi connectivity index (χ3v) is 2.78. The molecule has 0 saturated heterocycles. The Kier molecular flexibility index (Phi) is 4.77. The number of benzene rings is 1. The minimum atomic E-state index is -4.57. The molecule has 5 nitrogen and oxygen atoms in total. The number of hydrogen-bond acceptors (Lipinski definition) is 4. The van der Waals surface area contributed by atoms with Crippen molar-refractivity contribution in [2.45, 2.75) is 6.18 Å². The number of nitrogens with zero attached hydrogens (tertiary/aromatic N) is 4. The van der Waals surface area contributed by atoms with Gasteiger partial charge in [-0.15, -0.1) is 0 Å². The summed E-state index contributed by atoms with van der Waals surface area (Å²) in [5, 5.41) is 2.57. The van der Waals surface area contributed by atoms with Crippen molar-refractivity contribution in [3.05, 3.63) is 48.3 Å². The lowest BCUT2D eigenvalue weighted by Gasteiger charge is -2.07. The van der Waals surface area contributed by atoms with Crippen LogP contribution in [-0.4, -0.2) is 26.6 Å². The molecule has 0 spiro atoms. The Labute approximate surface area is 129 Å². The van der Waals surface area contributed by atoms with E-state index in [4.69, 9.17) is 0 Å². The Morgan fingerprint density at radius 1 is 1.09 bits per heavy atom. The van der Waals surface area contributed by atoms with Crippen molar-refractivity contribution in [2.24, 2.45) is 7.05 Å². The SMILES string of the molecule is CNc1nc(C(F)(F)F)nc2c1ncn2C.Fc1ccccc1. The first-order valence-electron chi connectivity index (χ1n) is 6.47. The van der Waals surface area contributed by atoms with E-state index >= 15 is 0 Å². The van der Waals surface area contributed by atoms with Crippen molar-refractivity contribution in [1.29, 1.82) is 0 Å². The summed E-state index contributed by atoms with van der Waals surface area (Å²) in [5.74, 6) is -1.28. The second-order valence-electron chi connectivity index (χ2n) is 4.47. The fourth-order valence-corrected chi connectivity index (χ4v) is 1.72. The van der Waals surface area contributed by atoms with E-state index in [1.807, 2.05) is 0 Å². The first-order chi connectivity index (χ1) is 10.8. The quantitative estimate of drug-likeness (QED) is 0.697. The fraction of sp³-hybridized carbons (Fsp3) is 0.214. The highest BCUT2D eigenvalue weighted by atomic mass is 19.4. The summed E-state index contributed by atoms with van der Waals surface area (Å²) in [7, 11) is 3.05. The zero-order valence-corrected chi connectivity index (χ0v) is 12.3. The van der Waals surface area contributed by atoms with E-state index in [0.717, 1.165) is 0 Å². The molecule has 1 aromatic carbocycles. The molecule has 1 N–H and O–H groups in total. The van der Waals surface area contributed by atoms with Crippen LogP contribution in [-0.2, 0) is 13.2 Å². The van der Waals surface area contributed by atoms with Crippen molar-refractivity contribution >= 4 is 17.0 Å². The van der Waals surface area contributed by atoms with Gasteiger partial charge >= 0.3 is 6.18 Å². The molecule has 2 heterocycles. The van der Waals surface area contributed by atoms with Gasteiger partial charge in [-0.25, -0.2) is 19.3 Å². The molecule has 0 atom stereocenters. The number of fused-ring (bicyclic) bond motifs is 1. The highest BCUT2D eigenvalue weighted by Gasteiger charge is 2.36. The second kappa shape index (κ2) is 6.59. The smallest absolute Gasteiger partial charge is 0.371 e. The predicted octanol–water partition coefficient (Wildman–Crippen LogP) is 3.25. The van der Waals surface area contributed by atoms with Crippen molar-refractivity contribution in [3.8, 4) is 0 Å². The van der Waals surface area contributed by atoms with Crippen molar-refractivity contribution in [1.82, 2.24) is 19.5 Å². The molecule has 0 bridgehead atoms. The number of alkyl halides is 3. The van der Waals surface area contributed by atoms with Gasteiger partial charge in [0.15, 0.2) is 11.5 Å². The maximum absolute atomic E-state index is 12.5. The zero-order chi connectivity index (χ0) is 17.0. The summed E-state index contributed by atoms with van der Waals surface area (Å²) in [6.45, 7) is 0. The van der Waals surface area contributed by atoms with Gasteiger partial charge in [-0.3, -0.25) is 0 Å². The van der Waals surface area contributed by atoms with Crippen molar-refractivity contribution in [3.63, 3.8) is 0 Å². The van der Waals surface area contributed by atoms with Crippen LogP contribution in [0, 0.1) is 5.82 Å². The molecule has 0 amide bonds. The maximum Gasteiger partial charge on any atom is 0.451 e. The third-order valence-electron chi connectivity index (χ3n) is 2.78. The molecule has 0 fully saturated rings. The monoisotopic (exact) mass is 327 g/mol. The molecular weight excluding hydrogens is 314 g/mol. The normalized spacial score (nSPS) is 11.0. The average Bonchev–Trinajstić information content (AvgIpc) is 2.88. The van der Waals surface area contributed by atoms with Crippen LogP contribution in [0.1, 0.15) is 5.82 Å². The molecular formula is C14H13F4N5. The molecule has 0 unspecified atom stereocenters. The first-order valence-corrected chi connectivity index (χ1v) is 6.47. The van der Waals surface area contributed by atoms with Crippen LogP contribution in [0.15, 0.2) is 36.7 Å². The summed E-state index contributed by atoms with van der Waals surface area (Å²) < 4.78 is 50.8. The van der Waals surface area contributed by atoms with E-state index < -0.39 is 12.0 Å². The van der Waals surface area contributed by atoms with E-state index in [2.05, 4.69) is 20.3 Å². The molecule has 0 aliphatic rings. The highest BCUT2D eigenvalue weighted by molar-refractivity contribution is 5.82. The molecule has 122 valence electrons. The standard InChI is InChI=1S/C8H8F3N5.C6H5F/c1-12-5-4-6(16(2)3-13-4)15-7(14-5)8(9,10)11;7-6-4-2-1-3-5-6/h3H,1-2H3,(H,12,14,15);1-5H. The van der Waals surface area contributed by atoms with Gasteiger partial charge in [-0.2, -0.15) is 13.2 Å². The third kappa shape index (κ3) is 3.93. The zero-order valence-electron chi connectivity index (χ0n) is 12.3. The number of anilines is 1. The Morgan fingerprint density at radius 2 is 1.74 bits per heavy atom. The van der Waals surface area contributed by atoms with Crippen molar-refractivity contribution < 1.29 is 17.6 Å². The van der Waals surface area contributed by atoms with Gasteiger partial charge in [0, 0.05) is 14.1 Å². The van der Waals surface area contributed by atoms with Gasteiger partial charge in [0.1, 0.15) is 11.3 Å². The fourth-order valence-electron chi connectivity index (χ4n) is 1.72. The average molecular weight is 327 g/mol. The maximum atomic E-state index is 12.5. The number of aryl methyl sites for hydroxylation is 1. The van der Waals surface area contributed by atoms with Crippen LogP contribution in [0.2, 0.25) is 0 Å². The summed E-state index contributed by atoms with van der Waals surface area (Å²) in [5.41, 5.74) is 0.463. The topological polar surface area (TPSA) is 55.6 Å². The number of imidazole rings is 1. The summed E-state index contributed by atoms with van der Waals surface area (Å²) >= 11 is 0. The van der Waals surface area contributed by atoms with Crippen LogP contribution in [0.25, 0.3) is 11.2 Å². The number of nitrogens with one attached hydrogen (secondary N) is 1. The minimum absolute atomic E-state index is 0.0675. The van der Waals surface area contributed by atoms with Gasteiger partial charge in [0.25, 0.3) is 0 Å². The lowest BCUT2D eigenvalue weighted by atomic mass is 10.4. The van der Waals surface area contributed by atoms with E-state index in [0.29, 0.717) is 5.52 Å². The summed E-state index contributed by atoms with van der Waals surface area (Å²) in [4.78, 5) is 10.7. The lowest BCUT2D eigenvalue weighted by molar-refractivity contribution is -0.144. The van der Waals surface area contributed by atoms with Gasteiger partial charge in [-0.05, 0) is 12.1 Å². The van der Waals surface area contributed by atoms with E-state index in [1.54, 1.807) is 25.2 Å². The van der Waals surface area contributed by atoms with Crippen LogP contribution in [0.3, 0.4) is 0 Å². The largest absolute Gasteiger partial charge is 0.451 e. The van der Waals surface area contributed by atoms with Crippen LogP contribution >= 0.6 is 0 Å². The highest BCUT2D eigenvalue weighted by Crippen LogP contribution is 2.29. The van der Waals surface area contributed by atoms with Gasteiger partial charge in [-0.1, -0.05) is 18.2 Å². The lowest BCUT2D eigenvalue weighted by Crippen LogP contribution is -2.13. The number of halogens is 4. The Balaban J connectivity index is 0.000000229. The molecule has 9 heteroatoms. The van der Waals surface area contributed by atoms with Gasteiger partial charge in [0.05, 0.1) is 6.33 Å². The number of aromatic nitrogens is 4. The summed E-state index contributed by atoms with van der Waals surface area (Å²) in [6, 6.07) is 7.94. The van der Waals surface area contributed by atoms with Gasteiger partial charge in [0.2, 0.25) is 5.82 Å². The molecule has 0 radical (unpaired) electrons. The van der Waals surface area contributed by atoms with Crippen LogP contribution < -0.4 is 5.32 Å². The Hall–Kier alpha value is -2.71. The molecule has 23 heavy (non-hydrogen) atoms. The molecule has 3 rings (SSSR count). The predicted molar refractivity (Wildman–Crippen MR) is 77.3 cm³/mol. The number of hydrogen-bond donors (Lipinski definition) is 1. The Morgan fingerprint density at radius 3 is 2.22 bits per heavy atom. The molecule has 0 saturated carbocycles. The molecule has 2 aromatic heterocycles. The number of rotatable bonds is 1. The molecule has 0 aliphatic heterocycles. The Bertz CT molecular complexity index is 783. The van der Waals surface area contributed by atoms with Crippen LogP contribution in [0.4, 0.5) is 23.4 Å². The minimum Gasteiger partial charge on any atom is -0.371 e. The van der Waals surface area contributed by atoms with Crippen molar-refractivity contribution in [2.75, 3.05) is 12.4 Å². The van der Waals surface area contributed by atoms with Crippen LogP contribution in [0.5, 0.6) is 0 Å². The van der Waals surface area contributed by atoms with Gasteiger partial charge < -0.3 is 9.88 Å². The molecule has 0 aliphatic carbocycles.